The van der Waals surface area contributed by atoms with Crippen molar-refractivity contribution < 1.29 is 0 Å². The molecule has 0 radical (unpaired) electrons. The van der Waals surface area contributed by atoms with Crippen molar-refractivity contribution in [2.24, 2.45) is 0 Å². The molecule has 0 aliphatic heterocycles. The molecule has 96 valence electrons. The molecule has 2 aromatic heterocycles. The lowest BCUT2D eigenvalue weighted by atomic mass is 9.88. The van der Waals surface area contributed by atoms with Crippen molar-refractivity contribution in [3.8, 4) is 10.6 Å². The van der Waals surface area contributed by atoms with E-state index in [-0.39, 0.29) is 5.41 Å². The van der Waals surface area contributed by atoms with Crippen LogP contribution in [0.15, 0.2) is 41.8 Å². The van der Waals surface area contributed by atoms with Gasteiger partial charge in [-0.3, -0.25) is 0 Å². The Bertz CT molecular complexity index is 709. The number of thiophene rings is 1. The molecular formula is C16H16N2S. The molecule has 3 aromatic rings. The van der Waals surface area contributed by atoms with Gasteiger partial charge < -0.3 is 0 Å². The van der Waals surface area contributed by atoms with Gasteiger partial charge in [-0.05, 0) is 11.4 Å². The highest BCUT2D eigenvalue weighted by atomic mass is 32.1. The predicted molar refractivity (Wildman–Crippen MR) is 81.6 cm³/mol. The largest absolute Gasteiger partial charge is 0.154 e. The number of benzene rings is 1. The molecular weight excluding hydrogens is 252 g/mol. The lowest BCUT2D eigenvalue weighted by molar-refractivity contribution is 0.566. The van der Waals surface area contributed by atoms with E-state index in [2.05, 4.69) is 66.7 Å². The van der Waals surface area contributed by atoms with Crippen LogP contribution in [0.3, 0.4) is 0 Å². The van der Waals surface area contributed by atoms with E-state index in [4.69, 9.17) is 0 Å². The van der Waals surface area contributed by atoms with Crippen LogP contribution in [0.1, 0.15) is 26.5 Å². The number of rotatable bonds is 1. The Hall–Kier alpha value is -1.74. The number of nitrogens with zero attached hydrogens (tertiary/aromatic N) is 2. The standard InChI is InChI=1S/C16H16N2S/c1-16(2,3)15-12-8-5-4-7-11(12)14(17-18-15)13-9-6-10-19-13/h4-10H,1-3H3. The predicted octanol–water partition coefficient (Wildman–Crippen LogP) is 4.66. The molecule has 3 heteroatoms. The van der Waals surface area contributed by atoms with Crippen LogP contribution in [0, 0.1) is 0 Å². The van der Waals surface area contributed by atoms with Gasteiger partial charge in [0.2, 0.25) is 0 Å². The molecule has 0 amide bonds. The molecule has 0 fully saturated rings. The molecule has 19 heavy (non-hydrogen) atoms. The summed E-state index contributed by atoms with van der Waals surface area (Å²) in [6.07, 6.45) is 0. The zero-order valence-corrected chi connectivity index (χ0v) is 12.2. The first-order valence-corrected chi connectivity index (χ1v) is 7.25. The monoisotopic (exact) mass is 268 g/mol. The van der Waals surface area contributed by atoms with Crippen LogP contribution in [-0.4, -0.2) is 10.2 Å². The summed E-state index contributed by atoms with van der Waals surface area (Å²) in [4.78, 5) is 1.17. The minimum Gasteiger partial charge on any atom is -0.154 e. The third-order valence-electron chi connectivity index (χ3n) is 3.15. The van der Waals surface area contributed by atoms with Crippen LogP contribution in [0.25, 0.3) is 21.3 Å². The molecule has 0 unspecified atom stereocenters. The van der Waals surface area contributed by atoms with Gasteiger partial charge in [0.05, 0.1) is 10.6 Å². The number of hydrogen-bond donors (Lipinski definition) is 0. The van der Waals surface area contributed by atoms with Crippen molar-refractivity contribution in [3.63, 3.8) is 0 Å². The van der Waals surface area contributed by atoms with Crippen molar-refractivity contribution in [2.75, 3.05) is 0 Å². The lowest BCUT2D eigenvalue weighted by Crippen LogP contribution is -2.15. The third kappa shape index (κ3) is 2.15. The van der Waals surface area contributed by atoms with Crippen LogP contribution in [0.2, 0.25) is 0 Å². The zero-order chi connectivity index (χ0) is 13.5. The summed E-state index contributed by atoms with van der Waals surface area (Å²) in [6.45, 7) is 6.52. The highest BCUT2D eigenvalue weighted by Crippen LogP contribution is 2.34. The van der Waals surface area contributed by atoms with Crippen molar-refractivity contribution in [1.29, 1.82) is 0 Å². The average Bonchev–Trinajstić information content (AvgIpc) is 2.90. The van der Waals surface area contributed by atoms with E-state index in [9.17, 15) is 0 Å². The van der Waals surface area contributed by atoms with Gasteiger partial charge in [-0.1, -0.05) is 51.1 Å². The normalized spacial score (nSPS) is 11.9. The molecule has 3 rings (SSSR count). The second-order valence-corrected chi connectivity index (χ2v) is 6.62. The van der Waals surface area contributed by atoms with Crippen molar-refractivity contribution in [3.05, 3.63) is 47.5 Å². The van der Waals surface area contributed by atoms with Gasteiger partial charge in [0.25, 0.3) is 0 Å². The molecule has 0 bridgehead atoms. The van der Waals surface area contributed by atoms with Gasteiger partial charge in [-0.2, -0.15) is 5.10 Å². The first-order chi connectivity index (χ1) is 9.07. The van der Waals surface area contributed by atoms with E-state index >= 15 is 0 Å². The first kappa shape index (κ1) is 12.3. The lowest BCUT2D eigenvalue weighted by Gasteiger charge is -2.19. The molecule has 0 saturated carbocycles. The van der Waals surface area contributed by atoms with Crippen molar-refractivity contribution in [2.45, 2.75) is 26.2 Å². The van der Waals surface area contributed by atoms with Gasteiger partial charge in [-0.15, -0.1) is 16.4 Å². The van der Waals surface area contributed by atoms with E-state index in [0.717, 1.165) is 11.4 Å². The van der Waals surface area contributed by atoms with E-state index in [0.29, 0.717) is 0 Å². The molecule has 0 saturated heterocycles. The van der Waals surface area contributed by atoms with Crippen LogP contribution in [0.4, 0.5) is 0 Å². The van der Waals surface area contributed by atoms with Gasteiger partial charge in [0, 0.05) is 16.2 Å². The fourth-order valence-electron chi connectivity index (χ4n) is 2.25. The quantitative estimate of drug-likeness (QED) is 0.641. The van der Waals surface area contributed by atoms with Gasteiger partial charge in [-0.25, -0.2) is 0 Å². The Balaban J connectivity index is 2.35. The van der Waals surface area contributed by atoms with Crippen molar-refractivity contribution >= 4 is 22.1 Å². The highest BCUT2D eigenvalue weighted by molar-refractivity contribution is 7.13. The summed E-state index contributed by atoms with van der Waals surface area (Å²) >= 11 is 1.70. The molecule has 0 atom stereocenters. The zero-order valence-electron chi connectivity index (χ0n) is 11.3. The third-order valence-corrected chi connectivity index (χ3v) is 4.03. The summed E-state index contributed by atoms with van der Waals surface area (Å²) in [7, 11) is 0. The summed E-state index contributed by atoms with van der Waals surface area (Å²) < 4.78 is 0. The summed E-state index contributed by atoms with van der Waals surface area (Å²) in [6, 6.07) is 12.5. The Morgan fingerprint density at radius 3 is 2.26 bits per heavy atom. The maximum absolute atomic E-state index is 4.49. The summed E-state index contributed by atoms with van der Waals surface area (Å²) in [5.74, 6) is 0. The van der Waals surface area contributed by atoms with E-state index in [1.807, 2.05) is 6.07 Å². The smallest absolute Gasteiger partial charge is 0.111 e. The second kappa shape index (κ2) is 4.42. The Morgan fingerprint density at radius 2 is 1.63 bits per heavy atom. The summed E-state index contributed by atoms with van der Waals surface area (Å²) in [5.41, 5.74) is 2.04. The van der Waals surface area contributed by atoms with Gasteiger partial charge in [0.15, 0.2) is 0 Å². The van der Waals surface area contributed by atoms with E-state index in [1.165, 1.54) is 15.6 Å². The fraction of sp³-hybridized carbons (Fsp3) is 0.250. The van der Waals surface area contributed by atoms with Crippen molar-refractivity contribution in [1.82, 2.24) is 10.2 Å². The first-order valence-electron chi connectivity index (χ1n) is 6.37. The van der Waals surface area contributed by atoms with Gasteiger partial charge >= 0.3 is 0 Å². The second-order valence-electron chi connectivity index (χ2n) is 5.67. The Morgan fingerprint density at radius 1 is 0.895 bits per heavy atom. The Labute approximate surface area is 117 Å². The maximum Gasteiger partial charge on any atom is 0.111 e. The average molecular weight is 268 g/mol. The highest BCUT2D eigenvalue weighted by Gasteiger charge is 2.21. The SMILES string of the molecule is CC(C)(C)c1nnc(-c2cccs2)c2ccccc12. The molecule has 0 N–H and O–H groups in total. The van der Waals surface area contributed by atoms with E-state index < -0.39 is 0 Å². The molecule has 1 aromatic carbocycles. The summed E-state index contributed by atoms with van der Waals surface area (Å²) in [5, 5.41) is 13.4. The van der Waals surface area contributed by atoms with E-state index in [1.54, 1.807) is 11.3 Å². The molecule has 2 nitrogen and oxygen atoms in total. The minimum atomic E-state index is 0.000578. The molecule has 0 aliphatic carbocycles. The number of aromatic nitrogens is 2. The molecule has 2 heterocycles. The Kier molecular flexibility index (Phi) is 2.86. The van der Waals surface area contributed by atoms with Crippen LogP contribution >= 0.6 is 11.3 Å². The van der Waals surface area contributed by atoms with Crippen LogP contribution < -0.4 is 0 Å². The van der Waals surface area contributed by atoms with Crippen LogP contribution in [-0.2, 0) is 5.41 Å². The molecule has 0 aliphatic rings. The molecule has 0 spiro atoms. The topological polar surface area (TPSA) is 25.8 Å². The number of hydrogen-bond acceptors (Lipinski definition) is 3. The minimum absolute atomic E-state index is 0.000578. The van der Waals surface area contributed by atoms with Gasteiger partial charge in [0.1, 0.15) is 5.69 Å². The van der Waals surface area contributed by atoms with Crippen LogP contribution in [0.5, 0.6) is 0 Å². The number of fused-ring (bicyclic) bond motifs is 1. The maximum atomic E-state index is 4.49. The fourth-order valence-corrected chi connectivity index (χ4v) is 2.98.